The zero-order chi connectivity index (χ0) is 12.4. The first-order valence-electron chi connectivity index (χ1n) is 6.88. The van der Waals surface area contributed by atoms with Gasteiger partial charge in [-0.15, -0.1) is 0 Å². The molecule has 0 fully saturated rings. The van der Waals surface area contributed by atoms with Crippen LogP contribution in [0.15, 0.2) is 0 Å². The molecule has 0 heterocycles. The normalized spacial score (nSPS) is 13.7. The third-order valence-corrected chi connectivity index (χ3v) is 2.64. The van der Waals surface area contributed by atoms with E-state index < -0.39 is 0 Å². The summed E-state index contributed by atoms with van der Waals surface area (Å²) in [6.07, 6.45) is 4.07. The van der Waals surface area contributed by atoms with E-state index in [-0.39, 0.29) is 0 Å². The fraction of sp³-hybridized carbons (Fsp3) is 1.00. The molecule has 0 aromatic carbocycles. The Hall–Kier alpha value is -0.0800. The average Bonchev–Trinajstić information content (AvgIpc) is 2.16. The number of hydrogen-bond donors (Lipinski definition) is 1. The minimum absolute atomic E-state index is 0.364. The Labute approximate surface area is 102 Å². The second-order valence-electron chi connectivity index (χ2n) is 5.41. The molecule has 0 amide bonds. The molecule has 0 saturated carbocycles. The van der Waals surface area contributed by atoms with Gasteiger partial charge in [0.1, 0.15) is 0 Å². The number of ether oxygens (including phenoxy) is 1. The standard InChI is InChI=1S/C14H31NO/c1-6-8-15-11-14(10-12(2)3)7-9-16-13(4)5/h12-15H,6-11H2,1-5H3. The van der Waals surface area contributed by atoms with Gasteiger partial charge in [0.2, 0.25) is 0 Å². The summed E-state index contributed by atoms with van der Waals surface area (Å²) in [7, 11) is 0. The highest BCUT2D eigenvalue weighted by Crippen LogP contribution is 2.15. The van der Waals surface area contributed by atoms with E-state index in [2.05, 4.69) is 39.9 Å². The van der Waals surface area contributed by atoms with Gasteiger partial charge in [0.05, 0.1) is 6.10 Å². The minimum atomic E-state index is 0.364. The molecule has 0 radical (unpaired) electrons. The molecule has 2 heteroatoms. The van der Waals surface area contributed by atoms with E-state index in [9.17, 15) is 0 Å². The van der Waals surface area contributed by atoms with Gasteiger partial charge >= 0.3 is 0 Å². The van der Waals surface area contributed by atoms with E-state index in [0.29, 0.717) is 6.10 Å². The molecule has 0 aliphatic heterocycles. The molecule has 16 heavy (non-hydrogen) atoms. The quantitative estimate of drug-likeness (QED) is 0.579. The fourth-order valence-corrected chi connectivity index (χ4v) is 1.92. The monoisotopic (exact) mass is 229 g/mol. The maximum Gasteiger partial charge on any atom is 0.0518 e. The van der Waals surface area contributed by atoms with Gasteiger partial charge in [-0.05, 0) is 58.0 Å². The Morgan fingerprint density at radius 3 is 2.31 bits per heavy atom. The zero-order valence-electron chi connectivity index (χ0n) is 11.9. The topological polar surface area (TPSA) is 21.3 Å². The van der Waals surface area contributed by atoms with Crippen molar-refractivity contribution in [2.24, 2.45) is 11.8 Å². The SMILES string of the molecule is CCCNCC(CCOC(C)C)CC(C)C. The van der Waals surface area contributed by atoms with Crippen molar-refractivity contribution in [1.29, 1.82) is 0 Å². The molecule has 98 valence electrons. The smallest absolute Gasteiger partial charge is 0.0518 e. The van der Waals surface area contributed by atoms with Crippen LogP contribution in [-0.4, -0.2) is 25.8 Å². The van der Waals surface area contributed by atoms with Crippen LogP contribution in [-0.2, 0) is 4.74 Å². The zero-order valence-corrected chi connectivity index (χ0v) is 11.9. The third-order valence-electron chi connectivity index (χ3n) is 2.64. The molecule has 0 aromatic heterocycles. The molecule has 1 N–H and O–H groups in total. The van der Waals surface area contributed by atoms with Crippen molar-refractivity contribution in [2.45, 2.75) is 60.0 Å². The van der Waals surface area contributed by atoms with E-state index in [1.165, 1.54) is 19.3 Å². The molecule has 0 aliphatic carbocycles. The molecule has 0 aliphatic rings. The highest BCUT2D eigenvalue weighted by atomic mass is 16.5. The summed E-state index contributed by atoms with van der Waals surface area (Å²) in [6.45, 7) is 14.2. The Bertz CT molecular complexity index is 146. The molecule has 0 saturated heterocycles. The van der Waals surface area contributed by atoms with Crippen molar-refractivity contribution in [3.63, 3.8) is 0 Å². The Morgan fingerprint density at radius 2 is 1.81 bits per heavy atom. The largest absolute Gasteiger partial charge is 0.379 e. The lowest BCUT2D eigenvalue weighted by Gasteiger charge is -2.20. The number of hydrogen-bond acceptors (Lipinski definition) is 2. The lowest BCUT2D eigenvalue weighted by Crippen LogP contribution is -2.26. The molecular weight excluding hydrogens is 198 g/mol. The van der Waals surface area contributed by atoms with Crippen LogP contribution in [0.5, 0.6) is 0 Å². The first-order chi connectivity index (χ1) is 7.56. The van der Waals surface area contributed by atoms with Gasteiger partial charge in [-0.1, -0.05) is 20.8 Å². The van der Waals surface area contributed by atoms with Crippen LogP contribution >= 0.6 is 0 Å². The van der Waals surface area contributed by atoms with E-state index >= 15 is 0 Å². The molecule has 2 nitrogen and oxygen atoms in total. The van der Waals surface area contributed by atoms with Gasteiger partial charge in [-0.2, -0.15) is 0 Å². The Balaban J connectivity index is 3.71. The highest BCUT2D eigenvalue weighted by Gasteiger charge is 2.10. The minimum Gasteiger partial charge on any atom is -0.379 e. The van der Waals surface area contributed by atoms with Crippen LogP contribution in [0.25, 0.3) is 0 Å². The summed E-state index contributed by atoms with van der Waals surface area (Å²) in [5, 5.41) is 3.52. The van der Waals surface area contributed by atoms with Crippen LogP contribution in [0, 0.1) is 11.8 Å². The molecule has 0 spiro atoms. The van der Waals surface area contributed by atoms with Crippen molar-refractivity contribution >= 4 is 0 Å². The van der Waals surface area contributed by atoms with Gasteiger partial charge < -0.3 is 10.1 Å². The molecular formula is C14H31NO. The predicted molar refractivity (Wildman–Crippen MR) is 71.8 cm³/mol. The van der Waals surface area contributed by atoms with Crippen LogP contribution in [0.1, 0.15) is 53.9 Å². The second-order valence-corrected chi connectivity index (χ2v) is 5.41. The van der Waals surface area contributed by atoms with Gasteiger partial charge in [-0.25, -0.2) is 0 Å². The molecule has 1 unspecified atom stereocenters. The van der Waals surface area contributed by atoms with Crippen molar-refractivity contribution in [2.75, 3.05) is 19.7 Å². The molecule has 0 aromatic rings. The van der Waals surface area contributed by atoms with Crippen LogP contribution in [0.2, 0.25) is 0 Å². The summed E-state index contributed by atoms with van der Waals surface area (Å²) < 4.78 is 5.63. The average molecular weight is 229 g/mol. The van der Waals surface area contributed by atoms with Crippen LogP contribution in [0.4, 0.5) is 0 Å². The van der Waals surface area contributed by atoms with Crippen molar-refractivity contribution in [3.8, 4) is 0 Å². The molecule has 0 rings (SSSR count). The lowest BCUT2D eigenvalue weighted by molar-refractivity contribution is 0.0664. The maximum atomic E-state index is 5.63. The van der Waals surface area contributed by atoms with Gasteiger partial charge in [0, 0.05) is 6.61 Å². The predicted octanol–water partition coefficient (Wildman–Crippen LogP) is 3.46. The van der Waals surface area contributed by atoms with Crippen molar-refractivity contribution in [3.05, 3.63) is 0 Å². The van der Waals surface area contributed by atoms with Crippen molar-refractivity contribution < 1.29 is 4.74 Å². The highest BCUT2D eigenvalue weighted by molar-refractivity contribution is 4.64. The Morgan fingerprint density at radius 1 is 1.12 bits per heavy atom. The van der Waals surface area contributed by atoms with Crippen LogP contribution < -0.4 is 5.32 Å². The maximum absolute atomic E-state index is 5.63. The van der Waals surface area contributed by atoms with E-state index in [4.69, 9.17) is 4.74 Å². The first-order valence-corrected chi connectivity index (χ1v) is 6.88. The summed E-state index contributed by atoms with van der Waals surface area (Å²) in [4.78, 5) is 0. The molecule has 0 bridgehead atoms. The van der Waals surface area contributed by atoms with E-state index in [0.717, 1.165) is 31.5 Å². The summed E-state index contributed by atoms with van der Waals surface area (Å²) >= 11 is 0. The lowest BCUT2D eigenvalue weighted by atomic mass is 9.94. The van der Waals surface area contributed by atoms with Gasteiger partial charge in [0.25, 0.3) is 0 Å². The summed E-state index contributed by atoms with van der Waals surface area (Å²) in [5.74, 6) is 1.55. The number of nitrogens with one attached hydrogen (secondary N) is 1. The fourth-order valence-electron chi connectivity index (χ4n) is 1.92. The molecule has 1 atom stereocenters. The summed E-state index contributed by atoms with van der Waals surface area (Å²) in [5.41, 5.74) is 0. The van der Waals surface area contributed by atoms with Gasteiger partial charge in [0.15, 0.2) is 0 Å². The summed E-state index contributed by atoms with van der Waals surface area (Å²) in [6, 6.07) is 0. The van der Waals surface area contributed by atoms with Crippen molar-refractivity contribution in [1.82, 2.24) is 5.32 Å². The Kier molecular flexibility index (Phi) is 10.0. The second kappa shape index (κ2) is 10.1. The van der Waals surface area contributed by atoms with Crippen LogP contribution in [0.3, 0.4) is 0 Å². The number of rotatable bonds is 10. The third kappa shape index (κ3) is 10.4. The van der Waals surface area contributed by atoms with E-state index in [1.807, 2.05) is 0 Å². The first kappa shape index (κ1) is 15.9. The van der Waals surface area contributed by atoms with Gasteiger partial charge in [-0.3, -0.25) is 0 Å². The van der Waals surface area contributed by atoms with E-state index in [1.54, 1.807) is 0 Å².